The number of benzene rings is 6. The highest BCUT2D eigenvalue weighted by Crippen LogP contribution is 2.40. The summed E-state index contributed by atoms with van der Waals surface area (Å²) in [5.41, 5.74) is 22.3. The predicted octanol–water partition coefficient (Wildman–Crippen LogP) is 13.3. The normalized spacial score (nSPS) is 11.0. The summed E-state index contributed by atoms with van der Waals surface area (Å²) in [6, 6.07) is 41.2. The van der Waals surface area contributed by atoms with E-state index in [1.165, 1.54) is 50.4 Å². The number of aryl methyl sites for hydroxylation is 2. The summed E-state index contributed by atoms with van der Waals surface area (Å²) in [7, 11) is 0. The van der Waals surface area contributed by atoms with Crippen LogP contribution in [-0.4, -0.2) is 0 Å². The van der Waals surface area contributed by atoms with Crippen molar-refractivity contribution in [3.05, 3.63) is 192 Å². The van der Waals surface area contributed by atoms with Gasteiger partial charge in [-0.05, 0) is 136 Å². The fourth-order valence-corrected chi connectivity index (χ4v) is 6.82. The maximum atomic E-state index is 5.73. The largest absolute Gasteiger partial charge is 0.405 e. The van der Waals surface area contributed by atoms with Gasteiger partial charge in [-0.2, -0.15) is 0 Å². The van der Waals surface area contributed by atoms with Gasteiger partial charge in [-0.25, -0.2) is 0 Å². The second-order valence-corrected chi connectivity index (χ2v) is 12.7. The molecule has 2 heteroatoms. The fraction of sp³-hybridized carbons (Fsp3) is 0.0800. The number of hydrogen-bond acceptors (Lipinski definition) is 2. The van der Waals surface area contributed by atoms with Gasteiger partial charge in [0.1, 0.15) is 0 Å². The van der Waals surface area contributed by atoms with Crippen molar-refractivity contribution in [2.75, 3.05) is 4.90 Å². The van der Waals surface area contributed by atoms with Crippen LogP contribution in [0.4, 0.5) is 11.4 Å². The molecule has 2 N–H and O–H groups in total. The number of para-hydroxylation sites is 1. The van der Waals surface area contributed by atoms with E-state index in [-0.39, 0.29) is 0 Å². The van der Waals surface area contributed by atoms with E-state index in [2.05, 4.69) is 187 Å². The van der Waals surface area contributed by atoms with Gasteiger partial charge in [-0.3, -0.25) is 0 Å². The Bertz CT molecular complexity index is 2350. The SMILES string of the molecule is C#C.C=Cc1c(/C=C\C)cc(-c2ccc(-c3ccc(C(=C)N(c4ccccc4)c4cc(C(=C)/C=C\N)cc(C)c4C)c(C)c3)cc2)c2ccccc12. The van der Waals surface area contributed by atoms with Crippen molar-refractivity contribution in [3.63, 3.8) is 0 Å². The topological polar surface area (TPSA) is 29.3 Å². The third-order valence-electron chi connectivity index (χ3n) is 9.57. The molecule has 0 aromatic heterocycles. The number of rotatable bonds is 10. The van der Waals surface area contributed by atoms with Gasteiger partial charge in [0, 0.05) is 22.6 Å². The minimum atomic E-state index is 0.863. The maximum absolute atomic E-state index is 5.73. The number of fused-ring (bicyclic) bond motifs is 1. The molecule has 0 saturated heterocycles. The molecule has 6 rings (SSSR count). The Morgan fingerprint density at radius 1 is 0.712 bits per heavy atom. The van der Waals surface area contributed by atoms with Crippen LogP contribution in [0.3, 0.4) is 0 Å². The lowest BCUT2D eigenvalue weighted by atomic mass is 9.90. The zero-order valence-corrected chi connectivity index (χ0v) is 30.7. The molecule has 0 radical (unpaired) electrons. The number of nitrogens with zero attached hydrogens (tertiary/aromatic N) is 1. The Morgan fingerprint density at radius 2 is 1.35 bits per heavy atom. The number of hydrogen-bond donors (Lipinski definition) is 1. The van der Waals surface area contributed by atoms with Crippen molar-refractivity contribution in [1.82, 2.24) is 0 Å². The van der Waals surface area contributed by atoms with Gasteiger partial charge in [0.25, 0.3) is 0 Å². The molecule has 0 aliphatic heterocycles. The molecular formula is C50H46N2. The minimum absolute atomic E-state index is 0.863. The Hall–Kier alpha value is -6.56. The van der Waals surface area contributed by atoms with Gasteiger partial charge in [-0.15, -0.1) is 12.8 Å². The smallest absolute Gasteiger partial charge is 0.0499 e. The molecule has 0 amide bonds. The quantitative estimate of drug-likeness (QED) is 0.116. The van der Waals surface area contributed by atoms with Gasteiger partial charge >= 0.3 is 0 Å². The molecule has 0 bridgehead atoms. The number of allylic oxidation sites excluding steroid dienone is 3. The van der Waals surface area contributed by atoms with Crippen molar-refractivity contribution < 1.29 is 0 Å². The molecule has 2 nitrogen and oxygen atoms in total. The van der Waals surface area contributed by atoms with Crippen molar-refractivity contribution >= 4 is 45.6 Å². The van der Waals surface area contributed by atoms with Gasteiger partial charge in [0.15, 0.2) is 0 Å². The highest BCUT2D eigenvalue weighted by atomic mass is 15.1. The first-order chi connectivity index (χ1) is 25.2. The first kappa shape index (κ1) is 36.7. The second-order valence-electron chi connectivity index (χ2n) is 12.7. The second kappa shape index (κ2) is 16.4. The van der Waals surface area contributed by atoms with Crippen molar-refractivity contribution in [2.24, 2.45) is 5.73 Å². The van der Waals surface area contributed by atoms with Gasteiger partial charge in [0.05, 0.1) is 0 Å². The van der Waals surface area contributed by atoms with Crippen molar-refractivity contribution in [2.45, 2.75) is 27.7 Å². The van der Waals surface area contributed by atoms with Crippen LogP contribution in [0.2, 0.25) is 0 Å². The van der Waals surface area contributed by atoms with Crippen LogP contribution in [0.5, 0.6) is 0 Å². The van der Waals surface area contributed by atoms with Gasteiger partial charge < -0.3 is 10.6 Å². The summed E-state index contributed by atoms with van der Waals surface area (Å²) >= 11 is 0. The van der Waals surface area contributed by atoms with Crippen LogP contribution in [0.25, 0.3) is 56.4 Å². The Balaban J connectivity index is 0.00000257. The number of nitrogens with two attached hydrogens (primary N) is 1. The average Bonchev–Trinajstić information content (AvgIpc) is 3.17. The third-order valence-corrected chi connectivity index (χ3v) is 9.57. The van der Waals surface area contributed by atoms with E-state index in [9.17, 15) is 0 Å². The Morgan fingerprint density at radius 3 is 1.98 bits per heavy atom. The van der Waals surface area contributed by atoms with E-state index >= 15 is 0 Å². The number of anilines is 2. The Labute approximate surface area is 310 Å². The molecule has 6 aromatic rings. The van der Waals surface area contributed by atoms with Crippen molar-refractivity contribution in [1.29, 1.82) is 0 Å². The van der Waals surface area contributed by atoms with E-state index < -0.39 is 0 Å². The van der Waals surface area contributed by atoms with E-state index in [0.717, 1.165) is 50.5 Å². The highest BCUT2D eigenvalue weighted by Gasteiger charge is 2.20. The van der Waals surface area contributed by atoms with E-state index in [1.807, 2.05) is 18.2 Å². The Kier molecular flexibility index (Phi) is 11.6. The molecule has 0 fully saturated rings. The summed E-state index contributed by atoms with van der Waals surface area (Å²) in [5, 5.41) is 2.43. The molecular weight excluding hydrogens is 629 g/mol. The van der Waals surface area contributed by atoms with Crippen LogP contribution in [0.15, 0.2) is 153 Å². The molecule has 6 aromatic carbocycles. The van der Waals surface area contributed by atoms with E-state index in [4.69, 9.17) is 5.73 Å². The average molecular weight is 675 g/mol. The molecule has 256 valence electrons. The summed E-state index contributed by atoms with van der Waals surface area (Å²) in [6.07, 6.45) is 17.6. The third kappa shape index (κ3) is 7.31. The molecule has 52 heavy (non-hydrogen) atoms. The summed E-state index contributed by atoms with van der Waals surface area (Å²) < 4.78 is 0. The highest BCUT2D eigenvalue weighted by molar-refractivity contribution is 6.03. The number of terminal acetylenes is 1. The monoisotopic (exact) mass is 674 g/mol. The standard InChI is InChI=1S/C48H44N2.C2H2/c1-8-15-40-30-47(46-19-14-13-18-45(46)43(40)9-2)38-22-20-37(21-23-38)39-24-25-44(34(5)29-39)36(7)50(42-16-11-10-12-17-42)48-31-41(32(3)26-27-49)28-33(4)35(48)6;1-2/h8-31H,2-3,7,49H2,1,4-6H3;1-2H/b15-8-,27-26-;. The first-order valence-electron chi connectivity index (χ1n) is 17.3. The predicted molar refractivity (Wildman–Crippen MR) is 230 cm³/mol. The lowest BCUT2D eigenvalue weighted by Crippen LogP contribution is -2.17. The zero-order valence-electron chi connectivity index (χ0n) is 30.7. The molecule has 0 aliphatic rings. The first-order valence-corrected chi connectivity index (χ1v) is 17.3. The summed E-state index contributed by atoms with van der Waals surface area (Å²) in [4.78, 5) is 2.26. The lowest BCUT2D eigenvalue weighted by Gasteiger charge is -2.31. The summed E-state index contributed by atoms with van der Waals surface area (Å²) in [5.74, 6) is 0. The van der Waals surface area contributed by atoms with Crippen molar-refractivity contribution in [3.8, 4) is 35.1 Å². The van der Waals surface area contributed by atoms with E-state index in [1.54, 1.807) is 0 Å². The van der Waals surface area contributed by atoms with Gasteiger partial charge in [-0.1, -0.05) is 129 Å². The fourth-order valence-electron chi connectivity index (χ4n) is 6.82. The maximum Gasteiger partial charge on any atom is 0.0499 e. The van der Waals surface area contributed by atoms with E-state index in [0.29, 0.717) is 0 Å². The summed E-state index contributed by atoms with van der Waals surface area (Å²) in [6.45, 7) is 21.6. The van der Waals surface area contributed by atoms with Gasteiger partial charge in [0.2, 0.25) is 0 Å². The zero-order chi connectivity index (χ0) is 37.4. The molecule has 0 atom stereocenters. The van der Waals surface area contributed by atoms with Crippen LogP contribution < -0.4 is 10.6 Å². The molecule has 0 spiro atoms. The molecule has 0 saturated carbocycles. The van der Waals surface area contributed by atoms with Crippen LogP contribution in [0.1, 0.15) is 45.9 Å². The lowest BCUT2D eigenvalue weighted by molar-refractivity contribution is 1.22. The molecule has 0 aliphatic carbocycles. The van der Waals surface area contributed by atoms with Crippen LogP contribution in [-0.2, 0) is 0 Å². The molecule has 0 heterocycles. The van der Waals surface area contributed by atoms with Crippen LogP contribution >= 0.6 is 0 Å². The van der Waals surface area contributed by atoms with Crippen LogP contribution in [0, 0.1) is 33.6 Å². The molecule has 0 unspecified atom stereocenters. The minimum Gasteiger partial charge on any atom is -0.405 e.